The lowest BCUT2D eigenvalue weighted by Gasteiger charge is -2.24. The molecule has 24 heavy (non-hydrogen) atoms. The van der Waals surface area contributed by atoms with E-state index < -0.39 is 24.5 Å². The van der Waals surface area contributed by atoms with E-state index in [1.807, 2.05) is 0 Å². The molecule has 0 aromatic heterocycles. The normalized spacial score (nSPS) is 12.3. The van der Waals surface area contributed by atoms with Crippen LogP contribution in [0, 0.1) is 5.82 Å². The highest BCUT2D eigenvalue weighted by Crippen LogP contribution is 2.17. The fraction of sp³-hybridized carbons (Fsp3) is 0.250. The van der Waals surface area contributed by atoms with Crippen LogP contribution in [0.2, 0.25) is 0 Å². The summed E-state index contributed by atoms with van der Waals surface area (Å²) >= 11 is 0. The van der Waals surface area contributed by atoms with Crippen LogP contribution in [0.25, 0.3) is 0 Å². The van der Waals surface area contributed by atoms with E-state index in [-0.39, 0.29) is 10.6 Å². The third kappa shape index (κ3) is 3.90. The molecule has 0 aliphatic carbocycles. The van der Waals surface area contributed by atoms with E-state index in [0.717, 1.165) is 17.3 Å². The quantitative estimate of drug-likeness (QED) is 0.550. The van der Waals surface area contributed by atoms with Gasteiger partial charge in [-0.05, 0) is 29.8 Å². The van der Waals surface area contributed by atoms with Crippen LogP contribution in [0.1, 0.15) is 5.56 Å². The maximum atomic E-state index is 12.9. The molecule has 0 aliphatic rings. The zero-order valence-corrected chi connectivity index (χ0v) is 15.5. The Labute approximate surface area is 142 Å². The molecule has 0 spiro atoms. The Balaban J connectivity index is 2.24. The zero-order valence-electron chi connectivity index (χ0n) is 13.7. The van der Waals surface area contributed by atoms with E-state index in [2.05, 4.69) is 0 Å². The van der Waals surface area contributed by atoms with Crippen molar-refractivity contribution in [3.8, 4) is 0 Å². The molecule has 8 heteroatoms. The molecule has 0 N–H and O–H groups in total. The Morgan fingerprint density at radius 1 is 0.875 bits per heavy atom. The van der Waals surface area contributed by atoms with E-state index in [1.54, 1.807) is 24.3 Å². The van der Waals surface area contributed by atoms with Crippen molar-refractivity contribution in [2.45, 2.75) is 10.6 Å². The first-order valence-electron chi connectivity index (χ1n) is 7.10. The predicted octanol–water partition coefficient (Wildman–Crippen LogP) is 1.88. The second-order valence-electron chi connectivity index (χ2n) is 5.08. The summed E-state index contributed by atoms with van der Waals surface area (Å²) in [4.78, 5) is 0.0855. The molecule has 0 radical (unpaired) electrons. The average molecular weight is 370 g/mol. The van der Waals surface area contributed by atoms with Gasteiger partial charge in [0.25, 0.3) is 0 Å². The Morgan fingerprint density at radius 2 is 1.38 bits per heavy atom. The molecule has 2 rings (SSSR count). The van der Waals surface area contributed by atoms with Crippen molar-refractivity contribution in [1.82, 2.24) is 0 Å². The first-order valence-corrected chi connectivity index (χ1v) is 10.5. The minimum atomic E-state index is -3.54. The van der Waals surface area contributed by atoms with Gasteiger partial charge in [-0.3, -0.25) is 0 Å². The molecule has 0 unspecified atom stereocenters. The van der Waals surface area contributed by atoms with Gasteiger partial charge in [-0.25, -0.2) is 12.8 Å². The fourth-order valence-corrected chi connectivity index (χ4v) is 5.48. The van der Waals surface area contributed by atoms with Crippen LogP contribution in [0.5, 0.6) is 0 Å². The zero-order chi connectivity index (χ0) is 17.8. The van der Waals surface area contributed by atoms with E-state index in [9.17, 15) is 12.8 Å². The summed E-state index contributed by atoms with van der Waals surface area (Å²) < 4.78 is 53.8. The first-order chi connectivity index (χ1) is 11.4. The monoisotopic (exact) mass is 370 g/mol. The number of sulfone groups is 1. The lowest BCUT2D eigenvalue weighted by molar-refractivity contribution is 0.140. The van der Waals surface area contributed by atoms with Crippen LogP contribution in [-0.4, -0.2) is 38.6 Å². The molecule has 0 saturated carbocycles. The third-order valence-corrected chi connectivity index (χ3v) is 8.00. The summed E-state index contributed by atoms with van der Waals surface area (Å²) in [5.41, 5.74) is 0.606. The van der Waals surface area contributed by atoms with Gasteiger partial charge in [0.2, 0.25) is 0 Å². The number of rotatable bonds is 7. The number of hydrogen-bond acceptors (Lipinski definition) is 5. The van der Waals surface area contributed by atoms with Gasteiger partial charge >= 0.3 is 8.80 Å². The lowest BCUT2D eigenvalue weighted by Crippen LogP contribution is -2.54. The summed E-state index contributed by atoms with van der Waals surface area (Å²) in [6.07, 6.45) is 0. The highest BCUT2D eigenvalue weighted by molar-refractivity contribution is 7.90. The molecule has 0 bridgehead atoms. The van der Waals surface area contributed by atoms with E-state index >= 15 is 0 Å². The van der Waals surface area contributed by atoms with Crippen LogP contribution in [0.15, 0.2) is 53.4 Å². The first kappa shape index (κ1) is 18.8. The van der Waals surface area contributed by atoms with Gasteiger partial charge in [-0.15, -0.1) is 0 Å². The number of halogens is 1. The Bertz CT molecular complexity index is 763. The number of benzene rings is 2. The van der Waals surface area contributed by atoms with Crippen LogP contribution >= 0.6 is 0 Å². The molecule has 2 aromatic carbocycles. The fourth-order valence-electron chi connectivity index (χ4n) is 2.35. The highest BCUT2D eigenvalue weighted by Gasteiger charge is 2.40. The molecule has 2 aromatic rings. The summed E-state index contributed by atoms with van der Waals surface area (Å²) in [7, 11) is -1.96. The van der Waals surface area contributed by atoms with E-state index in [0.29, 0.717) is 5.56 Å². The van der Waals surface area contributed by atoms with Gasteiger partial charge in [0, 0.05) is 26.5 Å². The van der Waals surface area contributed by atoms with Crippen LogP contribution in [0.4, 0.5) is 4.39 Å². The van der Waals surface area contributed by atoms with Crippen molar-refractivity contribution in [3.05, 3.63) is 59.9 Å². The molecule has 0 heterocycles. The summed E-state index contributed by atoms with van der Waals surface area (Å²) in [5, 5.41) is 0.734. The summed E-state index contributed by atoms with van der Waals surface area (Å²) in [6, 6.07) is 11.6. The second-order valence-corrected chi connectivity index (χ2v) is 9.98. The van der Waals surface area contributed by atoms with Crippen molar-refractivity contribution in [3.63, 3.8) is 0 Å². The van der Waals surface area contributed by atoms with Gasteiger partial charge < -0.3 is 13.3 Å². The second kappa shape index (κ2) is 7.54. The molecule has 5 nitrogen and oxygen atoms in total. The smallest absolute Gasteiger partial charge is 0.373 e. The third-order valence-electron chi connectivity index (χ3n) is 3.64. The molecular formula is C16H19FO5SSi. The molecule has 0 aliphatic heterocycles. The van der Waals surface area contributed by atoms with E-state index in [4.69, 9.17) is 13.3 Å². The van der Waals surface area contributed by atoms with Gasteiger partial charge in [-0.1, -0.05) is 24.3 Å². The SMILES string of the molecule is CO[Si](OC)(OC)c1ccc(CS(=O)(=O)c2ccc(F)cc2)cc1. The maximum Gasteiger partial charge on any atom is 0.536 e. The molecule has 130 valence electrons. The molecular weight excluding hydrogens is 351 g/mol. The Kier molecular flexibility index (Phi) is 5.89. The van der Waals surface area contributed by atoms with Crippen LogP contribution in [0.3, 0.4) is 0 Å². The lowest BCUT2D eigenvalue weighted by atomic mass is 10.2. The van der Waals surface area contributed by atoms with Crippen molar-refractivity contribution in [1.29, 1.82) is 0 Å². The minimum absolute atomic E-state index is 0.0855. The minimum Gasteiger partial charge on any atom is -0.373 e. The maximum absolute atomic E-state index is 12.9. The van der Waals surface area contributed by atoms with Crippen LogP contribution < -0.4 is 5.19 Å². The Morgan fingerprint density at radius 3 is 1.83 bits per heavy atom. The predicted molar refractivity (Wildman–Crippen MR) is 90.1 cm³/mol. The van der Waals surface area contributed by atoms with Gasteiger partial charge in [-0.2, -0.15) is 0 Å². The molecule has 0 saturated heterocycles. The highest BCUT2D eigenvalue weighted by atomic mass is 32.2. The van der Waals surface area contributed by atoms with Gasteiger partial charge in [0.05, 0.1) is 10.6 Å². The molecule has 0 amide bonds. The molecule has 0 fully saturated rings. The van der Waals surface area contributed by atoms with Crippen molar-refractivity contribution < 1.29 is 26.1 Å². The average Bonchev–Trinajstić information content (AvgIpc) is 2.58. The Hall–Kier alpha value is -1.58. The molecule has 0 atom stereocenters. The van der Waals surface area contributed by atoms with Crippen molar-refractivity contribution >= 4 is 23.8 Å². The largest absolute Gasteiger partial charge is 0.536 e. The van der Waals surface area contributed by atoms with Crippen molar-refractivity contribution in [2.24, 2.45) is 0 Å². The number of hydrogen-bond donors (Lipinski definition) is 0. The topological polar surface area (TPSA) is 61.8 Å². The van der Waals surface area contributed by atoms with Crippen molar-refractivity contribution in [2.75, 3.05) is 21.3 Å². The summed E-state index contributed by atoms with van der Waals surface area (Å²) in [6.45, 7) is 0. The standard InChI is InChI=1S/C16H19FO5SSi/c1-20-24(21-2,22-3)16-10-4-13(5-11-16)12-23(18,19)15-8-6-14(17)7-9-15/h4-11H,12H2,1-3H3. The van der Waals surface area contributed by atoms with Gasteiger partial charge in [0.1, 0.15) is 5.82 Å². The van der Waals surface area contributed by atoms with Gasteiger partial charge in [0.15, 0.2) is 9.84 Å². The summed E-state index contributed by atoms with van der Waals surface area (Å²) in [5.74, 6) is -0.654. The van der Waals surface area contributed by atoms with Crippen LogP contribution in [-0.2, 0) is 28.9 Å². The van der Waals surface area contributed by atoms with E-state index in [1.165, 1.54) is 33.5 Å².